The van der Waals surface area contributed by atoms with Gasteiger partial charge in [-0.05, 0) is 46.5 Å². The minimum Gasteiger partial charge on any atom is -0.444 e. The lowest BCUT2D eigenvalue weighted by Crippen LogP contribution is -2.59. The highest BCUT2D eigenvalue weighted by Crippen LogP contribution is 2.26. The van der Waals surface area contributed by atoms with Crippen molar-refractivity contribution < 1.29 is 19.4 Å². The number of rotatable bonds is 1. The van der Waals surface area contributed by atoms with E-state index in [9.17, 15) is 14.7 Å². The molecule has 0 aromatic carbocycles. The molecule has 0 bridgehead atoms. The van der Waals surface area contributed by atoms with Gasteiger partial charge in [0.15, 0.2) is 5.60 Å². The second-order valence-electron chi connectivity index (χ2n) is 7.04. The van der Waals surface area contributed by atoms with Crippen LogP contribution in [0.3, 0.4) is 0 Å². The quantitative estimate of drug-likeness (QED) is 0.794. The molecule has 2 fully saturated rings. The Morgan fingerprint density at radius 2 is 1.62 bits per heavy atom. The van der Waals surface area contributed by atoms with Crippen molar-refractivity contribution in [3.63, 3.8) is 0 Å². The molecule has 1 atom stereocenters. The molecule has 0 aliphatic carbocycles. The largest absolute Gasteiger partial charge is 0.444 e. The first-order valence-corrected chi connectivity index (χ1v) is 7.71. The van der Waals surface area contributed by atoms with Gasteiger partial charge < -0.3 is 19.6 Å². The van der Waals surface area contributed by atoms with Gasteiger partial charge in [0.05, 0.1) is 6.54 Å². The molecule has 0 radical (unpaired) electrons. The molecule has 2 aliphatic rings. The average Bonchev–Trinajstić information content (AvgIpc) is 2.89. The maximum absolute atomic E-state index is 12.5. The first kappa shape index (κ1) is 16.1. The number of likely N-dealkylation sites (tertiary alicyclic amines) is 2. The third kappa shape index (κ3) is 3.87. The number of piperidine rings is 1. The van der Waals surface area contributed by atoms with Crippen molar-refractivity contribution >= 4 is 12.0 Å². The van der Waals surface area contributed by atoms with Gasteiger partial charge in [-0.2, -0.15) is 0 Å². The molecule has 2 amide bonds. The van der Waals surface area contributed by atoms with E-state index in [0.29, 0.717) is 32.5 Å². The highest BCUT2D eigenvalue weighted by atomic mass is 16.6. The minimum atomic E-state index is -1.46. The van der Waals surface area contributed by atoms with E-state index >= 15 is 0 Å². The van der Waals surface area contributed by atoms with Crippen molar-refractivity contribution in [2.75, 3.05) is 26.2 Å². The Morgan fingerprint density at radius 1 is 1.05 bits per heavy atom. The van der Waals surface area contributed by atoms with Gasteiger partial charge in [0, 0.05) is 19.6 Å². The highest BCUT2D eigenvalue weighted by molar-refractivity contribution is 5.86. The molecule has 1 unspecified atom stereocenters. The van der Waals surface area contributed by atoms with E-state index in [-0.39, 0.29) is 12.5 Å². The van der Waals surface area contributed by atoms with Crippen LogP contribution in [0.4, 0.5) is 4.79 Å². The van der Waals surface area contributed by atoms with E-state index in [0.717, 1.165) is 12.8 Å². The predicted molar refractivity (Wildman–Crippen MR) is 77.8 cm³/mol. The Kier molecular flexibility index (Phi) is 4.46. The van der Waals surface area contributed by atoms with Crippen molar-refractivity contribution in [2.24, 2.45) is 0 Å². The summed E-state index contributed by atoms with van der Waals surface area (Å²) in [4.78, 5) is 27.7. The van der Waals surface area contributed by atoms with Gasteiger partial charge in [-0.15, -0.1) is 0 Å². The first-order valence-electron chi connectivity index (χ1n) is 7.71. The fraction of sp³-hybridized carbons (Fsp3) is 0.867. The topological polar surface area (TPSA) is 70.1 Å². The van der Waals surface area contributed by atoms with E-state index in [4.69, 9.17) is 4.74 Å². The van der Waals surface area contributed by atoms with Gasteiger partial charge in [-0.3, -0.25) is 4.79 Å². The van der Waals surface area contributed by atoms with Crippen molar-refractivity contribution in [1.29, 1.82) is 0 Å². The Bertz CT molecular complexity index is 412. The maximum atomic E-state index is 12.5. The molecule has 0 spiro atoms. The molecular formula is C15H26N2O4. The van der Waals surface area contributed by atoms with Crippen LogP contribution in [0.5, 0.6) is 0 Å². The predicted octanol–water partition coefficient (Wildman–Crippen LogP) is 1.37. The number of aliphatic hydroxyl groups is 1. The molecule has 2 saturated heterocycles. The molecule has 21 heavy (non-hydrogen) atoms. The number of carbonyl (C=O) groups excluding carboxylic acids is 2. The van der Waals surface area contributed by atoms with Crippen LogP contribution in [0.2, 0.25) is 0 Å². The number of carbonyl (C=O) groups is 2. The summed E-state index contributed by atoms with van der Waals surface area (Å²) in [7, 11) is 0. The first-order chi connectivity index (χ1) is 9.71. The fourth-order valence-electron chi connectivity index (χ4n) is 2.91. The number of amides is 2. The van der Waals surface area contributed by atoms with Crippen molar-refractivity contribution in [2.45, 2.75) is 57.7 Å². The van der Waals surface area contributed by atoms with Crippen LogP contribution < -0.4 is 0 Å². The van der Waals surface area contributed by atoms with E-state index in [2.05, 4.69) is 0 Å². The van der Waals surface area contributed by atoms with Crippen LogP contribution >= 0.6 is 0 Å². The summed E-state index contributed by atoms with van der Waals surface area (Å²) in [5.41, 5.74) is -2.04. The average molecular weight is 298 g/mol. The molecule has 0 aromatic rings. The van der Waals surface area contributed by atoms with Gasteiger partial charge in [-0.25, -0.2) is 4.79 Å². The Balaban J connectivity index is 2.01. The molecule has 6 heteroatoms. The molecule has 6 nitrogen and oxygen atoms in total. The van der Waals surface area contributed by atoms with Crippen molar-refractivity contribution in [3.8, 4) is 0 Å². The Morgan fingerprint density at radius 3 is 2.19 bits per heavy atom. The highest BCUT2D eigenvalue weighted by Gasteiger charge is 2.45. The number of hydrogen-bond acceptors (Lipinski definition) is 4. The molecule has 0 saturated carbocycles. The van der Waals surface area contributed by atoms with Crippen molar-refractivity contribution in [3.05, 3.63) is 0 Å². The summed E-state index contributed by atoms with van der Waals surface area (Å²) in [6.07, 6.45) is 2.52. The van der Waals surface area contributed by atoms with E-state index in [1.165, 1.54) is 4.90 Å². The van der Waals surface area contributed by atoms with E-state index in [1.807, 2.05) is 0 Å². The maximum Gasteiger partial charge on any atom is 0.410 e. The number of nitrogens with zero attached hydrogens (tertiary/aromatic N) is 2. The second kappa shape index (κ2) is 5.83. The standard InChI is InChI=1S/C15H26N2O4/c1-14(2,3)21-13(19)17-10-6-7-15(20,11-17)12(18)16-8-4-5-9-16/h20H,4-11H2,1-3H3. The van der Waals surface area contributed by atoms with Crippen LogP contribution in [0.1, 0.15) is 46.5 Å². The molecular weight excluding hydrogens is 272 g/mol. The van der Waals surface area contributed by atoms with Crippen LogP contribution in [-0.4, -0.2) is 64.3 Å². The molecule has 1 N–H and O–H groups in total. The third-order valence-electron chi connectivity index (χ3n) is 3.91. The third-order valence-corrected chi connectivity index (χ3v) is 3.91. The summed E-state index contributed by atoms with van der Waals surface area (Å²) in [5, 5.41) is 10.7. The van der Waals surface area contributed by atoms with Gasteiger partial charge in [-0.1, -0.05) is 0 Å². The van der Waals surface area contributed by atoms with Gasteiger partial charge in [0.25, 0.3) is 5.91 Å². The van der Waals surface area contributed by atoms with Crippen LogP contribution in [-0.2, 0) is 9.53 Å². The lowest BCUT2D eigenvalue weighted by molar-refractivity contribution is -0.155. The monoisotopic (exact) mass is 298 g/mol. The Labute approximate surface area is 126 Å². The summed E-state index contributed by atoms with van der Waals surface area (Å²) in [6.45, 7) is 7.35. The SMILES string of the molecule is CC(C)(C)OC(=O)N1CCCC(O)(C(=O)N2CCCC2)C1. The zero-order chi connectivity index (χ0) is 15.7. The van der Waals surface area contributed by atoms with E-state index < -0.39 is 17.3 Å². The number of ether oxygens (including phenoxy) is 1. The minimum absolute atomic E-state index is 0.0250. The van der Waals surface area contributed by atoms with Crippen LogP contribution in [0.25, 0.3) is 0 Å². The molecule has 2 rings (SSSR count). The van der Waals surface area contributed by atoms with E-state index in [1.54, 1.807) is 25.7 Å². The molecule has 120 valence electrons. The smallest absolute Gasteiger partial charge is 0.410 e. The van der Waals surface area contributed by atoms with Gasteiger partial charge in [0.1, 0.15) is 5.60 Å². The number of hydrogen-bond donors (Lipinski definition) is 1. The van der Waals surface area contributed by atoms with Gasteiger partial charge >= 0.3 is 6.09 Å². The zero-order valence-electron chi connectivity index (χ0n) is 13.2. The molecule has 2 aliphatic heterocycles. The summed E-state index contributed by atoms with van der Waals surface area (Å²) in [6, 6.07) is 0. The summed E-state index contributed by atoms with van der Waals surface area (Å²) in [5.74, 6) is -0.242. The molecule has 0 aromatic heterocycles. The summed E-state index contributed by atoms with van der Waals surface area (Å²) < 4.78 is 5.33. The molecule has 2 heterocycles. The lowest BCUT2D eigenvalue weighted by atomic mass is 9.91. The number of β-amino-alcohol motifs (C(OH)–C–C–N with tert-alkyl or cyclic N) is 1. The Hall–Kier alpha value is -1.30. The fourth-order valence-corrected chi connectivity index (χ4v) is 2.91. The normalized spacial score (nSPS) is 26.9. The van der Waals surface area contributed by atoms with Crippen LogP contribution in [0, 0.1) is 0 Å². The summed E-state index contributed by atoms with van der Waals surface area (Å²) >= 11 is 0. The van der Waals surface area contributed by atoms with Crippen LogP contribution in [0.15, 0.2) is 0 Å². The zero-order valence-corrected chi connectivity index (χ0v) is 13.2. The lowest BCUT2D eigenvalue weighted by Gasteiger charge is -2.40. The van der Waals surface area contributed by atoms with Gasteiger partial charge in [0.2, 0.25) is 0 Å². The second-order valence-corrected chi connectivity index (χ2v) is 7.04. The van der Waals surface area contributed by atoms with Crippen molar-refractivity contribution in [1.82, 2.24) is 9.80 Å².